The van der Waals surface area contributed by atoms with Crippen LogP contribution in [0, 0.1) is 5.92 Å². The smallest absolute Gasteiger partial charge is 0.392 e. The van der Waals surface area contributed by atoms with Gasteiger partial charge in [0.2, 0.25) is 5.91 Å². The molecule has 4 nitrogen and oxygen atoms in total. The number of piperidine rings is 1. The highest BCUT2D eigenvalue weighted by atomic mass is 19.4. The molecule has 0 aliphatic carbocycles. The molecule has 0 aromatic heterocycles. The first-order valence-corrected chi connectivity index (χ1v) is 6.03. The molecule has 2 N–H and O–H groups in total. The van der Waals surface area contributed by atoms with E-state index in [9.17, 15) is 18.0 Å². The molecule has 0 aromatic carbocycles. The Balaban J connectivity index is 2.40. The number of nitrogens with zero attached hydrogens (tertiary/aromatic N) is 1. The van der Waals surface area contributed by atoms with E-state index in [0.29, 0.717) is 19.4 Å². The molecule has 0 aromatic rings. The highest BCUT2D eigenvalue weighted by Gasteiger charge is 2.34. The zero-order chi connectivity index (χ0) is 13.8. The molecular weight excluding hydrogens is 249 g/mol. The number of likely N-dealkylation sites (tertiary alicyclic amines) is 1. The predicted octanol–water partition coefficient (Wildman–Crippen LogP) is 0.758. The lowest BCUT2D eigenvalue weighted by molar-refractivity contribution is -0.152. The van der Waals surface area contributed by atoms with Crippen LogP contribution in [0.4, 0.5) is 13.2 Å². The van der Waals surface area contributed by atoms with Crippen LogP contribution in [0.3, 0.4) is 0 Å². The molecule has 1 saturated heterocycles. The second-order valence-corrected chi connectivity index (χ2v) is 4.78. The number of halogens is 3. The van der Waals surface area contributed by atoms with Gasteiger partial charge in [-0.15, -0.1) is 0 Å². The van der Waals surface area contributed by atoms with Crippen molar-refractivity contribution in [3.05, 3.63) is 0 Å². The summed E-state index contributed by atoms with van der Waals surface area (Å²) in [5, 5.41) is 11.6. The monoisotopic (exact) mass is 268 g/mol. The van der Waals surface area contributed by atoms with Crippen molar-refractivity contribution in [1.29, 1.82) is 0 Å². The molecule has 1 aliphatic heterocycles. The van der Waals surface area contributed by atoms with Gasteiger partial charge in [0.05, 0.1) is 18.6 Å². The molecule has 1 amide bonds. The number of rotatable bonds is 4. The van der Waals surface area contributed by atoms with Crippen molar-refractivity contribution in [3.63, 3.8) is 0 Å². The fraction of sp³-hybridized carbons (Fsp3) is 0.909. The van der Waals surface area contributed by atoms with Crippen molar-refractivity contribution in [1.82, 2.24) is 10.2 Å². The van der Waals surface area contributed by atoms with Crippen molar-refractivity contribution in [2.24, 2.45) is 5.92 Å². The van der Waals surface area contributed by atoms with Gasteiger partial charge < -0.3 is 10.4 Å². The first-order valence-electron chi connectivity index (χ1n) is 6.03. The first-order chi connectivity index (χ1) is 8.28. The summed E-state index contributed by atoms with van der Waals surface area (Å²) in [4.78, 5) is 12.9. The second kappa shape index (κ2) is 6.38. The van der Waals surface area contributed by atoms with Crippen LogP contribution in [0.5, 0.6) is 0 Å². The van der Waals surface area contributed by atoms with Crippen molar-refractivity contribution < 1.29 is 23.1 Å². The Bertz CT molecular complexity index is 282. The Morgan fingerprint density at radius 2 is 2.22 bits per heavy atom. The number of aliphatic hydroxyl groups is 1. The van der Waals surface area contributed by atoms with E-state index in [1.807, 2.05) is 0 Å². The third kappa shape index (κ3) is 5.68. The number of hydrogen-bond donors (Lipinski definition) is 2. The fourth-order valence-electron chi connectivity index (χ4n) is 2.06. The SMILES string of the molecule is CC(O)CNC(=O)C1CCCN(CC(F)(F)F)C1. The predicted molar refractivity (Wildman–Crippen MR) is 59.9 cm³/mol. The molecule has 0 spiro atoms. The minimum absolute atomic E-state index is 0.130. The molecule has 0 saturated carbocycles. The fourth-order valence-corrected chi connectivity index (χ4v) is 2.06. The Hall–Kier alpha value is -0.820. The van der Waals surface area contributed by atoms with Crippen LogP contribution in [0.1, 0.15) is 19.8 Å². The molecule has 2 atom stereocenters. The van der Waals surface area contributed by atoms with E-state index < -0.39 is 24.7 Å². The average molecular weight is 268 g/mol. The Kier molecular flexibility index (Phi) is 5.40. The summed E-state index contributed by atoms with van der Waals surface area (Å²) < 4.78 is 36.7. The first kappa shape index (κ1) is 15.2. The molecule has 7 heteroatoms. The van der Waals surface area contributed by atoms with Gasteiger partial charge in [-0.05, 0) is 26.3 Å². The number of hydrogen-bond acceptors (Lipinski definition) is 3. The number of alkyl halides is 3. The molecular formula is C11H19F3N2O2. The summed E-state index contributed by atoms with van der Waals surface area (Å²) >= 11 is 0. The number of carbonyl (C=O) groups excluding carboxylic acids is 1. The molecule has 0 radical (unpaired) electrons. The van der Waals surface area contributed by atoms with Crippen molar-refractivity contribution in [3.8, 4) is 0 Å². The van der Waals surface area contributed by atoms with Crippen LogP contribution in [0.25, 0.3) is 0 Å². The van der Waals surface area contributed by atoms with E-state index in [-0.39, 0.29) is 19.0 Å². The lowest BCUT2D eigenvalue weighted by Crippen LogP contribution is -2.46. The van der Waals surface area contributed by atoms with Crippen LogP contribution < -0.4 is 5.32 Å². The highest BCUT2D eigenvalue weighted by Crippen LogP contribution is 2.22. The van der Waals surface area contributed by atoms with Crippen LogP contribution >= 0.6 is 0 Å². The van der Waals surface area contributed by atoms with E-state index in [1.165, 1.54) is 11.8 Å². The standard InChI is InChI=1S/C11H19F3N2O2/c1-8(17)5-15-10(18)9-3-2-4-16(6-9)7-11(12,13)14/h8-9,17H,2-7H2,1H3,(H,15,18). The van der Waals surface area contributed by atoms with Gasteiger partial charge >= 0.3 is 6.18 Å². The minimum atomic E-state index is -4.22. The van der Waals surface area contributed by atoms with Gasteiger partial charge in [0, 0.05) is 13.1 Å². The second-order valence-electron chi connectivity index (χ2n) is 4.78. The maximum absolute atomic E-state index is 12.2. The number of aliphatic hydroxyl groups excluding tert-OH is 1. The molecule has 1 fully saturated rings. The summed E-state index contributed by atoms with van der Waals surface area (Å²) in [5.74, 6) is -0.692. The van der Waals surface area contributed by atoms with E-state index in [0.717, 1.165) is 0 Å². The van der Waals surface area contributed by atoms with Crippen LogP contribution in [0.2, 0.25) is 0 Å². The van der Waals surface area contributed by atoms with Crippen LogP contribution in [0.15, 0.2) is 0 Å². The molecule has 18 heavy (non-hydrogen) atoms. The summed E-state index contributed by atoms with van der Waals surface area (Å²) in [5.41, 5.74) is 0. The molecule has 106 valence electrons. The third-order valence-electron chi connectivity index (χ3n) is 2.85. The topological polar surface area (TPSA) is 52.6 Å². The van der Waals surface area contributed by atoms with Crippen molar-refractivity contribution >= 4 is 5.91 Å². The van der Waals surface area contributed by atoms with E-state index in [1.54, 1.807) is 0 Å². The Morgan fingerprint density at radius 1 is 1.56 bits per heavy atom. The zero-order valence-corrected chi connectivity index (χ0v) is 10.3. The minimum Gasteiger partial charge on any atom is -0.392 e. The Morgan fingerprint density at radius 3 is 2.78 bits per heavy atom. The van der Waals surface area contributed by atoms with Crippen LogP contribution in [-0.4, -0.2) is 54.4 Å². The number of carbonyl (C=O) groups is 1. The largest absolute Gasteiger partial charge is 0.401 e. The molecule has 2 unspecified atom stereocenters. The lowest BCUT2D eigenvalue weighted by Gasteiger charge is -2.32. The average Bonchev–Trinajstić information content (AvgIpc) is 2.23. The van der Waals surface area contributed by atoms with E-state index >= 15 is 0 Å². The summed E-state index contributed by atoms with van der Waals surface area (Å²) in [6.45, 7) is 1.21. The van der Waals surface area contributed by atoms with Gasteiger partial charge in [-0.2, -0.15) is 13.2 Å². The quantitative estimate of drug-likeness (QED) is 0.791. The molecule has 0 bridgehead atoms. The van der Waals surface area contributed by atoms with Gasteiger partial charge in [0.25, 0.3) is 0 Å². The summed E-state index contributed by atoms with van der Waals surface area (Å²) in [7, 11) is 0. The number of nitrogens with one attached hydrogen (secondary N) is 1. The van der Waals surface area contributed by atoms with Crippen molar-refractivity contribution in [2.75, 3.05) is 26.2 Å². The molecule has 1 rings (SSSR count). The summed E-state index contributed by atoms with van der Waals surface area (Å²) in [6.07, 6.45) is -3.69. The van der Waals surface area contributed by atoms with Gasteiger partial charge in [0.15, 0.2) is 0 Å². The zero-order valence-electron chi connectivity index (χ0n) is 10.3. The normalized spacial score (nSPS) is 23.7. The van der Waals surface area contributed by atoms with Gasteiger partial charge in [-0.1, -0.05) is 0 Å². The third-order valence-corrected chi connectivity index (χ3v) is 2.85. The van der Waals surface area contributed by atoms with Gasteiger partial charge in [0.1, 0.15) is 0 Å². The van der Waals surface area contributed by atoms with Crippen LogP contribution in [-0.2, 0) is 4.79 Å². The number of amides is 1. The Labute approximate surface area is 104 Å². The maximum atomic E-state index is 12.2. The van der Waals surface area contributed by atoms with Gasteiger partial charge in [-0.25, -0.2) is 0 Å². The highest BCUT2D eigenvalue weighted by molar-refractivity contribution is 5.78. The lowest BCUT2D eigenvalue weighted by atomic mass is 9.97. The molecule has 1 heterocycles. The van der Waals surface area contributed by atoms with E-state index in [2.05, 4.69) is 5.32 Å². The van der Waals surface area contributed by atoms with Gasteiger partial charge in [-0.3, -0.25) is 9.69 Å². The van der Waals surface area contributed by atoms with Crippen molar-refractivity contribution in [2.45, 2.75) is 32.0 Å². The molecule has 1 aliphatic rings. The maximum Gasteiger partial charge on any atom is 0.401 e. The summed E-state index contributed by atoms with van der Waals surface area (Å²) in [6, 6.07) is 0. The van der Waals surface area contributed by atoms with E-state index in [4.69, 9.17) is 5.11 Å².